The van der Waals surface area contributed by atoms with Crippen molar-refractivity contribution in [2.45, 2.75) is 32.9 Å². The zero-order chi connectivity index (χ0) is 19.3. The highest BCUT2D eigenvalue weighted by Crippen LogP contribution is 2.34. The van der Waals surface area contributed by atoms with Gasteiger partial charge in [-0.15, -0.1) is 0 Å². The summed E-state index contributed by atoms with van der Waals surface area (Å²) >= 11 is 0. The van der Waals surface area contributed by atoms with Crippen LogP contribution in [0.25, 0.3) is 0 Å². The van der Waals surface area contributed by atoms with E-state index >= 15 is 0 Å². The highest BCUT2D eigenvalue weighted by atomic mass is 16.5. The number of amides is 3. The molecular formula is C18H27N6O3+. The number of fused-ring (bicyclic) bond motifs is 3. The Balaban J connectivity index is 1.59. The molecule has 27 heavy (non-hydrogen) atoms. The summed E-state index contributed by atoms with van der Waals surface area (Å²) in [5, 5.41) is 0. The minimum absolute atomic E-state index is 0.228. The molecule has 4 heterocycles. The molecular weight excluding hydrogens is 348 g/mol. The highest BCUT2D eigenvalue weighted by molar-refractivity contribution is 6.20. The molecule has 3 amide bonds. The predicted octanol–water partition coefficient (Wildman–Crippen LogP) is 0.223. The first kappa shape index (κ1) is 18.1. The van der Waals surface area contributed by atoms with Crippen LogP contribution >= 0.6 is 0 Å². The van der Waals surface area contributed by atoms with Crippen molar-refractivity contribution in [3.63, 3.8) is 0 Å². The zero-order valence-corrected chi connectivity index (χ0v) is 16.4. The van der Waals surface area contributed by atoms with E-state index in [0.29, 0.717) is 5.84 Å². The first-order valence-electron chi connectivity index (χ1n) is 9.47. The second-order valence-electron chi connectivity index (χ2n) is 7.41. The largest absolute Gasteiger partial charge is 0.402 e. The van der Waals surface area contributed by atoms with E-state index in [2.05, 4.69) is 16.4 Å². The van der Waals surface area contributed by atoms with Crippen molar-refractivity contribution < 1.29 is 18.9 Å². The number of likely N-dealkylation sites (N-methyl/N-ethyl adjacent to an activating group) is 2. The van der Waals surface area contributed by atoms with Crippen LogP contribution in [0.3, 0.4) is 0 Å². The van der Waals surface area contributed by atoms with Gasteiger partial charge in [0.25, 0.3) is 5.91 Å². The molecule has 146 valence electrons. The summed E-state index contributed by atoms with van der Waals surface area (Å²) < 4.78 is 9.55. The van der Waals surface area contributed by atoms with Crippen LogP contribution in [0.2, 0.25) is 0 Å². The smallest absolute Gasteiger partial charge is 0.379 e. The van der Waals surface area contributed by atoms with E-state index in [-0.39, 0.29) is 11.9 Å². The Bertz CT molecular complexity index is 824. The monoisotopic (exact) mass is 375 g/mol. The van der Waals surface area contributed by atoms with Crippen LogP contribution in [0.15, 0.2) is 4.99 Å². The minimum Gasteiger partial charge on any atom is -0.379 e. The number of carbonyl (C=O) groups is 2. The summed E-state index contributed by atoms with van der Waals surface area (Å²) in [6.45, 7) is 9.49. The Morgan fingerprint density at radius 3 is 2.56 bits per heavy atom. The van der Waals surface area contributed by atoms with Crippen LogP contribution in [0.5, 0.6) is 0 Å². The van der Waals surface area contributed by atoms with Crippen molar-refractivity contribution >= 4 is 23.7 Å². The summed E-state index contributed by atoms with van der Waals surface area (Å²) in [6, 6.07) is -0.888. The molecule has 2 fully saturated rings. The fourth-order valence-electron chi connectivity index (χ4n) is 4.13. The number of imidazole rings is 1. The Morgan fingerprint density at radius 2 is 1.85 bits per heavy atom. The van der Waals surface area contributed by atoms with Gasteiger partial charge in [0.2, 0.25) is 11.9 Å². The Labute approximate surface area is 158 Å². The van der Waals surface area contributed by atoms with E-state index in [0.717, 1.165) is 63.1 Å². The second-order valence-corrected chi connectivity index (χ2v) is 7.41. The predicted molar refractivity (Wildman–Crippen MR) is 98.0 cm³/mol. The topological polar surface area (TPSA) is 74.3 Å². The SMILES string of the molecule is Cc1c(C)[n+](CCCN2CCOCC2)c2n1C1C(=O)N(C)C(=O)N(C)C1=N2. The fraction of sp³-hybridized carbons (Fsp3) is 0.667. The zero-order valence-electron chi connectivity index (χ0n) is 16.4. The Kier molecular flexibility index (Phi) is 4.51. The molecule has 9 nitrogen and oxygen atoms in total. The van der Waals surface area contributed by atoms with Crippen LogP contribution in [0.1, 0.15) is 23.9 Å². The lowest BCUT2D eigenvalue weighted by Crippen LogP contribution is -2.56. The van der Waals surface area contributed by atoms with Gasteiger partial charge in [0.1, 0.15) is 11.4 Å². The maximum Gasteiger partial charge on any atom is 0.402 e. The van der Waals surface area contributed by atoms with Crippen LogP contribution in [0.4, 0.5) is 10.7 Å². The van der Waals surface area contributed by atoms with Gasteiger partial charge in [-0.1, -0.05) is 4.99 Å². The normalized spacial score (nSPS) is 23.0. The van der Waals surface area contributed by atoms with Crippen molar-refractivity contribution in [2.24, 2.45) is 4.99 Å². The summed E-state index contributed by atoms with van der Waals surface area (Å²) in [7, 11) is 3.20. The molecule has 1 atom stereocenters. The van der Waals surface area contributed by atoms with E-state index in [9.17, 15) is 9.59 Å². The fourth-order valence-corrected chi connectivity index (χ4v) is 4.13. The quantitative estimate of drug-likeness (QED) is 0.706. The number of aromatic nitrogens is 2. The van der Waals surface area contributed by atoms with Crippen molar-refractivity contribution in [3.05, 3.63) is 11.4 Å². The van der Waals surface area contributed by atoms with Crippen LogP contribution in [-0.2, 0) is 16.1 Å². The maximum atomic E-state index is 12.8. The van der Waals surface area contributed by atoms with Crippen molar-refractivity contribution in [3.8, 4) is 0 Å². The lowest BCUT2D eigenvalue weighted by atomic mass is 10.1. The van der Waals surface area contributed by atoms with Crippen molar-refractivity contribution in [1.29, 1.82) is 0 Å². The van der Waals surface area contributed by atoms with E-state index in [1.54, 1.807) is 7.05 Å². The molecule has 0 radical (unpaired) electrons. The molecule has 3 aliphatic heterocycles. The highest BCUT2D eigenvalue weighted by Gasteiger charge is 2.53. The summed E-state index contributed by atoms with van der Waals surface area (Å²) in [6.07, 6.45) is 1.00. The lowest BCUT2D eigenvalue weighted by Gasteiger charge is -2.30. The summed E-state index contributed by atoms with van der Waals surface area (Å²) in [5.74, 6) is 1.05. The molecule has 0 bridgehead atoms. The molecule has 3 aliphatic rings. The average molecular weight is 375 g/mol. The number of urea groups is 1. The van der Waals surface area contributed by atoms with Gasteiger partial charge in [-0.2, -0.15) is 0 Å². The van der Waals surface area contributed by atoms with E-state index in [4.69, 9.17) is 9.73 Å². The minimum atomic E-state index is -0.549. The van der Waals surface area contributed by atoms with E-state index in [1.165, 1.54) is 16.8 Å². The molecule has 9 heteroatoms. The maximum absolute atomic E-state index is 12.8. The number of imide groups is 1. The number of aliphatic imine (C=N–C) groups is 1. The number of nitrogens with zero attached hydrogens (tertiary/aromatic N) is 6. The van der Waals surface area contributed by atoms with Gasteiger partial charge in [-0.25, -0.2) is 13.9 Å². The van der Waals surface area contributed by atoms with E-state index in [1.807, 2.05) is 11.5 Å². The Morgan fingerprint density at radius 1 is 1.15 bits per heavy atom. The molecule has 0 saturated carbocycles. The third-order valence-corrected chi connectivity index (χ3v) is 5.91. The molecule has 0 aliphatic carbocycles. The third kappa shape index (κ3) is 2.76. The van der Waals surface area contributed by atoms with Gasteiger partial charge >= 0.3 is 12.0 Å². The molecule has 1 aromatic heterocycles. The second kappa shape index (κ2) is 6.72. The molecule has 1 aromatic rings. The van der Waals surface area contributed by atoms with Gasteiger partial charge in [0.05, 0.1) is 19.8 Å². The van der Waals surface area contributed by atoms with Crippen LogP contribution in [0, 0.1) is 13.8 Å². The van der Waals surface area contributed by atoms with Gasteiger partial charge in [0.15, 0.2) is 0 Å². The van der Waals surface area contributed by atoms with Crippen LogP contribution in [-0.4, -0.2) is 84.0 Å². The van der Waals surface area contributed by atoms with Crippen molar-refractivity contribution in [1.82, 2.24) is 19.3 Å². The summed E-state index contributed by atoms with van der Waals surface area (Å²) in [5.41, 5.74) is 2.13. The lowest BCUT2D eigenvalue weighted by molar-refractivity contribution is -0.689. The molecule has 2 saturated heterocycles. The van der Waals surface area contributed by atoms with Crippen LogP contribution < -0.4 is 4.57 Å². The first-order valence-corrected chi connectivity index (χ1v) is 9.47. The van der Waals surface area contributed by atoms with Gasteiger partial charge < -0.3 is 4.74 Å². The molecule has 0 aromatic carbocycles. The van der Waals surface area contributed by atoms with Gasteiger partial charge in [-0.3, -0.25) is 19.5 Å². The number of amidine groups is 1. The number of carbonyl (C=O) groups excluding carboxylic acids is 2. The number of hydrogen-bond donors (Lipinski definition) is 0. The van der Waals surface area contributed by atoms with Crippen molar-refractivity contribution in [2.75, 3.05) is 46.9 Å². The van der Waals surface area contributed by atoms with Gasteiger partial charge in [0, 0.05) is 33.7 Å². The number of hydrogen-bond acceptors (Lipinski definition) is 5. The van der Waals surface area contributed by atoms with Gasteiger partial charge in [-0.05, 0) is 20.3 Å². The third-order valence-electron chi connectivity index (χ3n) is 5.91. The molecule has 4 rings (SSSR count). The molecule has 1 unspecified atom stereocenters. The Hall–Kier alpha value is -2.26. The standard InChI is InChI=1S/C18H27N6O3/c1-12-13(2)24-14-15(20(3)18(26)21(4)16(14)25)19-17(24)23(12)7-5-6-22-8-10-27-11-9-22/h14H,5-11H2,1-4H3/q+1. The average Bonchev–Trinajstić information content (AvgIpc) is 3.17. The number of rotatable bonds is 4. The van der Waals surface area contributed by atoms with E-state index < -0.39 is 6.04 Å². The number of morpholine rings is 1. The summed E-state index contributed by atoms with van der Waals surface area (Å²) in [4.78, 5) is 34.8. The first-order chi connectivity index (χ1) is 12.9. The molecule has 0 spiro atoms. The molecule has 0 N–H and O–H groups in total. The number of ether oxygens (including phenoxy) is 1.